The molecule has 0 spiro atoms. The number of rotatable bonds is 5. The third-order valence-electron chi connectivity index (χ3n) is 3.67. The summed E-state index contributed by atoms with van der Waals surface area (Å²) < 4.78 is 1.05. The molecule has 4 nitrogen and oxygen atoms in total. The van der Waals surface area contributed by atoms with Gasteiger partial charge in [0.15, 0.2) is 0 Å². The Morgan fingerprint density at radius 3 is 2.95 bits per heavy atom. The highest BCUT2D eigenvalue weighted by atomic mass is 79.9. The summed E-state index contributed by atoms with van der Waals surface area (Å²) in [5.74, 6) is 1.13. The van der Waals surface area contributed by atoms with Gasteiger partial charge in [-0.05, 0) is 49.1 Å². The largest absolute Gasteiger partial charge is 0.355 e. The molecule has 1 N–H and O–H groups in total. The van der Waals surface area contributed by atoms with Gasteiger partial charge in [0.25, 0.3) is 0 Å². The number of nitrogens with one attached hydrogen (secondary N) is 1. The van der Waals surface area contributed by atoms with E-state index in [4.69, 9.17) is 0 Å². The number of hydrogen-bond donors (Lipinski definition) is 1. The fraction of sp³-hybridized carbons (Fsp3) is 0.643. The van der Waals surface area contributed by atoms with Gasteiger partial charge in [-0.2, -0.15) is 0 Å². The van der Waals surface area contributed by atoms with Crippen LogP contribution < -0.4 is 10.2 Å². The summed E-state index contributed by atoms with van der Waals surface area (Å²) in [4.78, 5) is 9.34. The lowest BCUT2D eigenvalue weighted by Gasteiger charge is -2.23. The standard InChI is InChI=1S/C14H23BrN4/c1-4-16-8-11-7-12(15)9-17-14(11)19-6-5-13(10-19)18(2)3/h7,9,13,16H,4-6,8,10H2,1-3H3. The van der Waals surface area contributed by atoms with Crippen LogP contribution in [0.15, 0.2) is 16.7 Å². The maximum absolute atomic E-state index is 4.63. The predicted molar refractivity (Wildman–Crippen MR) is 83.6 cm³/mol. The lowest BCUT2D eigenvalue weighted by atomic mass is 10.2. The van der Waals surface area contributed by atoms with Crippen molar-refractivity contribution in [1.82, 2.24) is 15.2 Å². The van der Waals surface area contributed by atoms with Crippen LogP contribution in [0.1, 0.15) is 18.9 Å². The molecule has 0 radical (unpaired) electrons. The first-order valence-corrected chi connectivity index (χ1v) is 7.67. The first-order valence-electron chi connectivity index (χ1n) is 6.88. The molecule has 19 heavy (non-hydrogen) atoms. The molecule has 2 heterocycles. The Kier molecular flexibility index (Phi) is 5.19. The molecule has 106 valence electrons. The molecule has 1 atom stereocenters. The zero-order valence-electron chi connectivity index (χ0n) is 12.0. The molecule has 1 aliphatic rings. The van der Waals surface area contributed by atoms with Crippen molar-refractivity contribution in [2.75, 3.05) is 38.6 Å². The van der Waals surface area contributed by atoms with E-state index in [2.05, 4.69) is 63.1 Å². The van der Waals surface area contributed by atoms with E-state index in [0.29, 0.717) is 6.04 Å². The van der Waals surface area contributed by atoms with Gasteiger partial charge in [0, 0.05) is 41.9 Å². The summed E-state index contributed by atoms with van der Waals surface area (Å²) in [5.41, 5.74) is 1.27. The van der Waals surface area contributed by atoms with Crippen LogP contribution in [0.3, 0.4) is 0 Å². The second-order valence-electron chi connectivity index (χ2n) is 5.27. The average Bonchev–Trinajstić information content (AvgIpc) is 2.86. The molecular formula is C14H23BrN4. The first kappa shape index (κ1) is 14.8. The van der Waals surface area contributed by atoms with Crippen LogP contribution in [-0.2, 0) is 6.54 Å². The lowest BCUT2D eigenvalue weighted by molar-refractivity contribution is 0.315. The topological polar surface area (TPSA) is 31.4 Å². The number of nitrogens with zero attached hydrogens (tertiary/aromatic N) is 3. The minimum atomic E-state index is 0.637. The van der Waals surface area contributed by atoms with E-state index in [1.807, 2.05) is 6.20 Å². The van der Waals surface area contributed by atoms with Crippen LogP contribution in [0, 0.1) is 0 Å². The Bertz CT molecular complexity index is 422. The maximum atomic E-state index is 4.63. The molecule has 0 bridgehead atoms. The molecule has 2 rings (SSSR count). The van der Waals surface area contributed by atoms with Crippen molar-refractivity contribution in [3.63, 3.8) is 0 Å². The maximum Gasteiger partial charge on any atom is 0.133 e. The van der Waals surface area contributed by atoms with E-state index in [0.717, 1.165) is 36.5 Å². The molecule has 5 heteroatoms. The van der Waals surface area contributed by atoms with Gasteiger partial charge in [-0.3, -0.25) is 0 Å². The van der Waals surface area contributed by atoms with Crippen molar-refractivity contribution < 1.29 is 0 Å². The Morgan fingerprint density at radius 2 is 2.32 bits per heavy atom. The van der Waals surface area contributed by atoms with Crippen LogP contribution in [0.25, 0.3) is 0 Å². The first-order chi connectivity index (χ1) is 9.11. The quantitative estimate of drug-likeness (QED) is 0.897. The summed E-state index contributed by atoms with van der Waals surface area (Å²) in [5, 5.41) is 3.39. The normalized spacial score (nSPS) is 19.4. The molecule has 1 aromatic heterocycles. The highest BCUT2D eigenvalue weighted by Crippen LogP contribution is 2.26. The minimum absolute atomic E-state index is 0.637. The predicted octanol–water partition coefficient (Wildman–Crippen LogP) is 2.09. The fourth-order valence-corrected chi connectivity index (χ4v) is 2.88. The van der Waals surface area contributed by atoms with Crippen LogP contribution in [0.2, 0.25) is 0 Å². The highest BCUT2D eigenvalue weighted by Gasteiger charge is 2.26. The number of aromatic nitrogens is 1. The third kappa shape index (κ3) is 3.68. The van der Waals surface area contributed by atoms with Gasteiger partial charge >= 0.3 is 0 Å². The monoisotopic (exact) mass is 326 g/mol. The number of anilines is 1. The van der Waals surface area contributed by atoms with Gasteiger partial charge in [0.2, 0.25) is 0 Å². The van der Waals surface area contributed by atoms with Gasteiger partial charge < -0.3 is 15.1 Å². The zero-order valence-corrected chi connectivity index (χ0v) is 13.6. The van der Waals surface area contributed by atoms with Crippen molar-refractivity contribution in [3.05, 3.63) is 22.3 Å². The molecule has 1 aliphatic heterocycles. The second-order valence-corrected chi connectivity index (χ2v) is 6.18. The average molecular weight is 327 g/mol. The molecule has 0 aromatic carbocycles. The van der Waals surface area contributed by atoms with Crippen LogP contribution in [-0.4, -0.2) is 49.7 Å². The number of hydrogen-bond acceptors (Lipinski definition) is 4. The van der Waals surface area contributed by atoms with Gasteiger partial charge in [-0.25, -0.2) is 4.98 Å². The molecule has 0 aliphatic carbocycles. The summed E-state index contributed by atoms with van der Waals surface area (Å²) in [6.07, 6.45) is 3.11. The fourth-order valence-electron chi connectivity index (χ4n) is 2.50. The molecular weight excluding hydrogens is 304 g/mol. The van der Waals surface area contributed by atoms with Crippen molar-refractivity contribution in [1.29, 1.82) is 0 Å². The van der Waals surface area contributed by atoms with E-state index >= 15 is 0 Å². The van der Waals surface area contributed by atoms with Crippen molar-refractivity contribution in [2.24, 2.45) is 0 Å². The summed E-state index contributed by atoms with van der Waals surface area (Å²) >= 11 is 3.51. The Balaban J connectivity index is 2.15. The Labute approximate surface area is 124 Å². The van der Waals surface area contributed by atoms with Gasteiger partial charge in [-0.1, -0.05) is 6.92 Å². The zero-order chi connectivity index (χ0) is 13.8. The van der Waals surface area contributed by atoms with E-state index < -0.39 is 0 Å². The summed E-state index contributed by atoms with van der Waals surface area (Å²) in [6.45, 7) is 6.15. The molecule has 0 amide bonds. The number of halogens is 1. The van der Waals surface area contributed by atoms with Gasteiger partial charge in [0.1, 0.15) is 5.82 Å². The summed E-state index contributed by atoms with van der Waals surface area (Å²) in [6, 6.07) is 2.81. The van der Waals surface area contributed by atoms with Crippen molar-refractivity contribution in [2.45, 2.75) is 25.9 Å². The van der Waals surface area contributed by atoms with E-state index in [1.165, 1.54) is 12.0 Å². The smallest absolute Gasteiger partial charge is 0.133 e. The second kappa shape index (κ2) is 6.68. The van der Waals surface area contributed by atoms with E-state index in [-0.39, 0.29) is 0 Å². The van der Waals surface area contributed by atoms with Gasteiger partial charge in [0.05, 0.1) is 0 Å². The Morgan fingerprint density at radius 1 is 1.53 bits per heavy atom. The SMILES string of the molecule is CCNCc1cc(Br)cnc1N1CCC(N(C)C)C1. The number of pyridine rings is 1. The Hall–Kier alpha value is -0.650. The molecule has 1 unspecified atom stereocenters. The van der Waals surface area contributed by atoms with Crippen molar-refractivity contribution >= 4 is 21.7 Å². The van der Waals surface area contributed by atoms with E-state index in [1.54, 1.807) is 0 Å². The highest BCUT2D eigenvalue weighted by molar-refractivity contribution is 9.10. The van der Waals surface area contributed by atoms with E-state index in [9.17, 15) is 0 Å². The molecule has 1 aromatic rings. The van der Waals surface area contributed by atoms with Crippen LogP contribution >= 0.6 is 15.9 Å². The molecule has 1 fully saturated rings. The van der Waals surface area contributed by atoms with Crippen LogP contribution in [0.5, 0.6) is 0 Å². The lowest BCUT2D eigenvalue weighted by Crippen LogP contribution is -2.32. The van der Waals surface area contributed by atoms with Crippen LogP contribution in [0.4, 0.5) is 5.82 Å². The summed E-state index contributed by atoms with van der Waals surface area (Å²) in [7, 11) is 4.31. The van der Waals surface area contributed by atoms with Crippen molar-refractivity contribution in [3.8, 4) is 0 Å². The number of likely N-dealkylation sites (N-methyl/N-ethyl adjacent to an activating group) is 1. The molecule has 1 saturated heterocycles. The van der Waals surface area contributed by atoms with Gasteiger partial charge in [-0.15, -0.1) is 0 Å². The minimum Gasteiger partial charge on any atom is -0.355 e. The molecule has 0 saturated carbocycles. The third-order valence-corrected chi connectivity index (χ3v) is 4.10.